The average molecular weight is 292 g/mol. The summed E-state index contributed by atoms with van der Waals surface area (Å²) in [6.07, 6.45) is 5.07. The molecule has 1 N–H and O–H groups in total. The van der Waals surface area contributed by atoms with E-state index in [1.807, 2.05) is 0 Å². The summed E-state index contributed by atoms with van der Waals surface area (Å²) < 4.78 is 10.5. The van der Waals surface area contributed by atoms with E-state index in [9.17, 15) is 5.11 Å². The first-order chi connectivity index (χ1) is 10.3. The van der Waals surface area contributed by atoms with Crippen LogP contribution in [-0.4, -0.2) is 38.1 Å². The molecule has 1 fully saturated rings. The highest BCUT2D eigenvalue weighted by atomic mass is 16.5. The van der Waals surface area contributed by atoms with Gasteiger partial charge in [-0.1, -0.05) is 30.3 Å². The van der Waals surface area contributed by atoms with Crippen molar-refractivity contribution in [2.75, 3.05) is 26.9 Å². The second-order valence-corrected chi connectivity index (χ2v) is 6.00. The van der Waals surface area contributed by atoms with Crippen molar-refractivity contribution in [3.8, 4) is 0 Å². The maximum atomic E-state index is 10.2. The largest absolute Gasteiger partial charge is 0.393 e. The number of aliphatic hydroxyl groups excluding tert-OH is 1. The van der Waals surface area contributed by atoms with Crippen molar-refractivity contribution in [3.05, 3.63) is 35.9 Å². The third-order valence-corrected chi connectivity index (χ3v) is 4.51. The van der Waals surface area contributed by atoms with Gasteiger partial charge in [0.15, 0.2) is 0 Å². The number of benzene rings is 1. The second-order valence-electron chi connectivity index (χ2n) is 6.00. The standard InChI is InChI=1S/C18H28O3/c1-20-12-13-21-11-5-8-17-14-16(9-10-18(17)19)15-6-3-2-4-7-15/h2-4,6-7,16-19H,5,8-14H2,1H3. The Kier molecular flexibility index (Phi) is 7.20. The zero-order valence-corrected chi connectivity index (χ0v) is 13.0. The predicted molar refractivity (Wildman–Crippen MR) is 84.5 cm³/mol. The van der Waals surface area contributed by atoms with Gasteiger partial charge >= 0.3 is 0 Å². The number of hydrogen-bond acceptors (Lipinski definition) is 3. The Morgan fingerprint density at radius 1 is 1.10 bits per heavy atom. The molecular weight excluding hydrogens is 264 g/mol. The molecule has 3 unspecified atom stereocenters. The van der Waals surface area contributed by atoms with Crippen LogP contribution in [0.15, 0.2) is 30.3 Å². The molecule has 3 heteroatoms. The van der Waals surface area contributed by atoms with Gasteiger partial charge in [0.2, 0.25) is 0 Å². The van der Waals surface area contributed by atoms with E-state index in [4.69, 9.17) is 9.47 Å². The molecule has 118 valence electrons. The Labute approximate surface area is 128 Å². The molecule has 3 nitrogen and oxygen atoms in total. The van der Waals surface area contributed by atoms with Crippen LogP contribution < -0.4 is 0 Å². The lowest BCUT2D eigenvalue weighted by Gasteiger charge is -2.33. The van der Waals surface area contributed by atoms with E-state index in [1.54, 1.807) is 7.11 Å². The SMILES string of the molecule is COCCOCCCC1CC(c2ccccc2)CCC1O. The summed E-state index contributed by atoms with van der Waals surface area (Å²) in [6, 6.07) is 10.7. The van der Waals surface area contributed by atoms with E-state index in [-0.39, 0.29) is 6.10 Å². The third-order valence-electron chi connectivity index (χ3n) is 4.51. The lowest BCUT2D eigenvalue weighted by Crippen LogP contribution is -2.28. The van der Waals surface area contributed by atoms with E-state index in [0.717, 1.165) is 38.7 Å². The molecule has 2 rings (SSSR count). The molecule has 0 spiro atoms. The molecule has 1 aromatic carbocycles. The van der Waals surface area contributed by atoms with Gasteiger partial charge in [0, 0.05) is 13.7 Å². The highest BCUT2D eigenvalue weighted by Crippen LogP contribution is 2.38. The van der Waals surface area contributed by atoms with Crippen LogP contribution in [0.2, 0.25) is 0 Å². The quantitative estimate of drug-likeness (QED) is 0.747. The highest BCUT2D eigenvalue weighted by molar-refractivity contribution is 5.20. The molecule has 0 aliphatic heterocycles. The van der Waals surface area contributed by atoms with Crippen molar-refractivity contribution in [3.63, 3.8) is 0 Å². The van der Waals surface area contributed by atoms with Crippen LogP contribution in [0.1, 0.15) is 43.6 Å². The van der Waals surface area contributed by atoms with Crippen molar-refractivity contribution in [1.82, 2.24) is 0 Å². The highest BCUT2D eigenvalue weighted by Gasteiger charge is 2.29. The fourth-order valence-electron chi connectivity index (χ4n) is 3.28. The number of hydrogen-bond donors (Lipinski definition) is 1. The molecule has 3 atom stereocenters. The molecule has 1 saturated carbocycles. The molecule has 0 aromatic heterocycles. The smallest absolute Gasteiger partial charge is 0.0700 e. The van der Waals surface area contributed by atoms with Crippen LogP contribution in [0.3, 0.4) is 0 Å². The molecule has 0 amide bonds. The summed E-state index contributed by atoms with van der Waals surface area (Å²) in [4.78, 5) is 0. The molecular formula is C18H28O3. The molecule has 21 heavy (non-hydrogen) atoms. The van der Waals surface area contributed by atoms with Crippen LogP contribution in [0.5, 0.6) is 0 Å². The van der Waals surface area contributed by atoms with Gasteiger partial charge in [-0.15, -0.1) is 0 Å². The Balaban J connectivity index is 1.74. The molecule has 0 saturated heterocycles. The van der Waals surface area contributed by atoms with Crippen LogP contribution >= 0.6 is 0 Å². The maximum Gasteiger partial charge on any atom is 0.0700 e. The minimum atomic E-state index is -0.135. The van der Waals surface area contributed by atoms with Gasteiger partial charge in [-0.25, -0.2) is 0 Å². The topological polar surface area (TPSA) is 38.7 Å². The summed E-state index contributed by atoms with van der Waals surface area (Å²) in [6.45, 7) is 2.08. The van der Waals surface area contributed by atoms with Gasteiger partial charge in [0.1, 0.15) is 0 Å². The van der Waals surface area contributed by atoms with E-state index in [1.165, 1.54) is 5.56 Å². The zero-order chi connectivity index (χ0) is 14.9. The first-order valence-corrected chi connectivity index (χ1v) is 8.11. The Morgan fingerprint density at radius 2 is 1.90 bits per heavy atom. The van der Waals surface area contributed by atoms with Gasteiger partial charge in [-0.2, -0.15) is 0 Å². The van der Waals surface area contributed by atoms with Gasteiger partial charge in [0.25, 0.3) is 0 Å². The number of methoxy groups -OCH3 is 1. The molecule has 0 heterocycles. The van der Waals surface area contributed by atoms with E-state index in [0.29, 0.717) is 25.0 Å². The zero-order valence-electron chi connectivity index (χ0n) is 13.0. The minimum Gasteiger partial charge on any atom is -0.393 e. The van der Waals surface area contributed by atoms with Crippen LogP contribution in [-0.2, 0) is 9.47 Å². The van der Waals surface area contributed by atoms with Crippen molar-refractivity contribution < 1.29 is 14.6 Å². The third kappa shape index (κ3) is 5.42. The van der Waals surface area contributed by atoms with Gasteiger partial charge in [-0.3, -0.25) is 0 Å². The van der Waals surface area contributed by atoms with Crippen molar-refractivity contribution in [1.29, 1.82) is 0 Å². The van der Waals surface area contributed by atoms with Gasteiger partial charge in [0.05, 0.1) is 19.3 Å². The van der Waals surface area contributed by atoms with Gasteiger partial charge in [-0.05, 0) is 49.5 Å². The summed E-state index contributed by atoms with van der Waals surface area (Å²) in [5, 5.41) is 10.2. The van der Waals surface area contributed by atoms with E-state index in [2.05, 4.69) is 30.3 Å². The first kappa shape index (κ1) is 16.5. The van der Waals surface area contributed by atoms with Crippen molar-refractivity contribution >= 4 is 0 Å². The Morgan fingerprint density at radius 3 is 2.67 bits per heavy atom. The summed E-state index contributed by atoms with van der Waals surface area (Å²) in [5.41, 5.74) is 1.42. The van der Waals surface area contributed by atoms with Crippen LogP contribution in [0.4, 0.5) is 0 Å². The van der Waals surface area contributed by atoms with Crippen LogP contribution in [0, 0.1) is 5.92 Å². The summed E-state index contributed by atoms with van der Waals surface area (Å²) in [7, 11) is 1.69. The Hall–Kier alpha value is -0.900. The molecule has 1 aromatic rings. The normalized spacial score (nSPS) is 25.9. The fraction of sp³-hybridized carbons (Fsp3) is 0.667. The maximum absolute atomic E-state index is 10.2. The second kappa shape index (κ2) is 9.19. The number of rotatable bonds is 8. The average Bonchev–Trinajstić information content (AvgIpc) is 2.53. The Bertz CT molecular complexity index is 379. The fourth-order valence-corrected chi connectivity index (χ4v) is 3.28. The monoisotopic (exact) mass is 292 g/mol. The summed E-state index contributed by atoms with van der Waals surface area (Å²) >= 11 is 0. The first-order valence-electron chi connectivity index (χ1n) is 8.11. The van der Waals surface area contributed by atoms with Crippen molar-refractivity contribution in [2.45, 2.75) is 44.1 Å². The molecule has 1 aliphatic carbocycles. The molecule has 0 bridgehead atoms. The molecule has 1 aliphatic rings. The number of ether oxygens (including phenoxy) is 2. The van der Waals surface area contributed by atoms with E-state index >= 15 is 0 Å². The van der Waals surface area contributed by atoms with E-state index < -0.39 is 0 Å². The summed E-state index contributed by atoms with van der Waals surface area (Å²) in [5.74, 6) is 1.02. The lowest BCUT2D eigenvalue weighted by molar-refractivity contribution is 0.0406. The van der Waals surface area contributed by atoms with Crippen molar-refractivity contribution in [2.24, 2.45) is 5.92 Å². The van der Waals surface area contributed by atoms with Crippen LogP contribution in [0.25, 0.3) is 0 Å². The predicted octanol–water partition coefficient (Wildman–Crippen LogP) is 3.37. The lowest BCUT2D eigenvalue weighted by atomic mass is 9.75. The molecule has 0 radical (unpaired) electrons. The number of aliphatic hydroxyl groups is 1. The minimum absolute atomic E-state index is 0.135. The van der Waals surface area contributed by atoms with Gasteiger partial charge < -0.3 is 14.6 Å².